The fourth-order valence-electron chi connectivity index (χ4n) is 3.39. The van der Waals surface area contributed by atoms with Gasteiger partial charge in [-0.25, -0.2) is 0 Å². The van der Waals surface area contributed by atoms with E-state index in [1.54, 1.807) is 0 Å². The number of thioether (sulfide) groups is 1. The van der Waals surface area contributed by atoms with Crippen molar-refractivity contribution in [2.24, 2.45) is 18.0 Å². The fraction of sp³-hybridized carbons (Fsp3) is 0.524. The summed E-state index contributed by atoms with van der Waals surface area (Å²) in [4.78, 5) is 8.67. The highest BCUT2D eigenvalue weighted by Crippen LogP contribution is 2.25. The van der Waals surface area contributed by atoms with E-state index in [9.17, 15) is 0 Å². The summed E-state index contributed by atoms with van der Waals surface area (Å²) in [5.41, 5.74) is 1.29. The van der Waals surface area contributed by atoms with Crippen LogP contribution in [0.2, 0.25) is 0 Å². The Hall–Kier alpha value is -1.95. The Labute approximate surface area is 167 Å². The molecule has 1 aliphatic rings. The molecule has 0 bridgehead atoms. The smallest absolute Gasteiger partial charge is 0.193 e. The number of nitrogens with one attached hydrogen (secondary N) is 1. The molecule has 1 aromatic heterocycles. The molecule has 1 aromatic carbocycles. The highest BCUT2D eigenvalue weighted by atomic mass is 32.2. The van der Waals surface area contributed by atoms with Crippen molar-refractivity contribution >= 4 is 17.7 Å². The molecule has 0 aliphatic carbocycles. The van der Waals surface area contributed by atoms with Gasteiger partial charge in [0, 0.05) is 50.1 Å². The number of aryl methyl sites for hydroxylation is 2. The third kappa shape index (κ3) is 6.31. The van der Waals surface area contributed by atoms with Gasteiger partial charge in [-0.1, -0.05) is 18.2 Å². The van der Waals surface area contributed by atoms with Crippen LogP contribution in [0.5, 0.6) is 0 Å². The first-order chi connectivity index (χ1) is 13.2. The number of likely N-dealkylation sites (tertiary alicyclic amines) is 1. The Morgan fingerprint density at radius 2 is 2.19 bits per heavy atom. The molecule has 3 rings (SSSR count). The average molecular weight is 386 g/mol. The van der Waals surface area contributed by atoms with Gasteiger partial charge in [-0.3, -0.25) is 9.67 Å². The third-order valence-electron chi connectivity index (χ3n) is 4.79. The first-order valence-corrected chi connectivity index (χ1v) is 10.9. The fourth-order valence-corrected chi connectivity index (χ4v) is 4.44. The molecule has 0 radical (unpaired) electrons. The minimum Gasteiger partial charge on any atom is -0.357 e. The first kappa shape index (κ1) is 19.8. The molecule has 1 saturated heterocycles. The SMILES string of the molecule is CCNC(=NCCCc1cnn(C)c1)N1CCC(CSc2ccccc2)C1. The van der Waals surface area contributed by atoms with Crippen LogP contribution in [0.3, 0.4) is 0 Å². The quantitative estimate of drug-likeness (QED) is 0.327. The van der Waals surface area contributed by atoms with Crippen LogP contribution in [0.15, 0.2) is 52.6 Å². The van der Waals surface area contributed by atoms with Crippen molar-refractivity contribution in [3.63, 3.8) is 0 Å². The van der Waals surface area contributed by atoms with E-state index in [1.165, 1.54) is 22.6 Å². The molecule has 6 heteroatoms. The maximum Gasteiger partial charge on any atom is 0.193 e. The number of hydrogen-bond acceptors (Lipinski definition) is 3. The highest BCUT2D eigenvalue weighted by molar-refractivity contribution is 7.99. The van der Waals surface area contributed by atoms with Gasteiger partial charge in [-0.05, 0) is 49.8 Å². The van der Waals surface area contributed by atoms with Gasteiger partial charge < -0.3 is 10.2 Å². The lowest BCUT2D eigenvalue weighted by Gasteiger charge is -2.21. The Balaban J connectivity index is 1.44. The van der Waals surface area contributed by atoms with Crippen LogP contribution >= 0.6 is 11.8 Å². The van der Waals surface area contributed by atoms with Crippen molar-refractivity contribution in [1.82, 2.24) is 20.0 Å². The van der Waals surface area contributed by atoms with Crippen molar-refractivity contribution in [3.05, 3.63) is 48.3 Å². The lowest BCUT2D eigenvalue weighted by Crippen LogP contribution is -2.40. The molecule has 1 unspecified atom stereocenters. The molecule has 2 heterocycles. The van der Waals surface area contributed by atoms with E-state index >= 15 is 0 Å². The summed E-state index contributed by atoms with van der Waals surface area (Å²) in [6.07, 6.45) is 7.38. The zero-order chi connectivity index (χ0) is 18.9. The van der Waals surface area contributed by atoms with Crippen molar-refractivity contribution in [1.29, 1.82) is 0 Å². The number of hydrogen-bond donors (Lipinski definition) is 1. The average Bonchev–Trinajstić information content (AvgIpc) is 3.32. The van der Waals surface area contributed by atoms with Gasteiger partial charge in [0.15, 0.2) is 5.96 Å². The predicted octanol–water partition coefficient (Wildman–Crippen LogP) is 3.43. The minimum atomic E-state index is 0.731. The monoisotopic (exact) mass is 385 g/mol. The zero-order valence-electron chi connectivity index (χ0n) is 16.5. The van der Waals surface area contributed by atoms with Gasteiger partial charge in [0.2, 0.25) is 0 Å². The lowest BCUT2D eigenvalue weighted by atomic mass is 10.2. The van der Waals surface area contributed by atoms with Crippen LogP contribution in [0, 0.1) is 5.92 Å². The molecule has 5 nitrogen and oxygen atoms in total. The van der Waals surface area contributed by atoms with E-state index in [0.29, 0.717) is 0 Å². The summed E-state index contributed by atoms with van der Waals surface area (Å²) in [5, 5.41) is 7.70. The van der Waals surface area contributed by atoms with Crippen LogP contribution in [-0.2, 0) is 13.5 Å². The van der Waals surface area contributed by atoms with Gasteiger partial charge >= 0.3 is 0 Å². The minimum absolute atomic E-state index is 0.731. The van der Waals surface area contributed by atoms with Crippen molar-refractivity contribution in [3.8, 4) is 0 Å². The Bertz CT molecular complexity index is 712. The Morgan fingerprint density at radius 3 is 2.93 bits per heavy atom. The molecular formula is C21H31N5S. The Morgan fingerprint density at radius 1 is 1.33 bits per heavy atom. The van der Waals surface area contributed by atoms with E-state index in [-0.39, 0.29) is 0 Å². The van der Waals surface area contributed by atoms with Crippen LogP contribution in [0.1, 0.15) is 25.3 Å². The largest absolute Gasteiger partial charge is 0.357 e. The second-order valence-corrected chi connectivity index (χ2v) is 8.18. The molecule has 1 aliphatic heterocycles. The third-order valence-corrected chi connectivity index (χ3v) is 6.04. The number of rotatable bonds is 8. The van der Waals surface area contributed by atoms with E-state index < -0.39 is 0 Å². The van der Waals surface area contributed by atoms with E-state index in [1.807, 2.05) is 29.7 Å². The number of benzene rings is 1. The topological polar surface area (TPSA) is 45.5 Å². The van der Waals surface area contributed by atoms with Crippen LogP contribution in [-0.4, -0.2) is 52.6 Å². The van der Waals surface area contributed by atoms with Gasteiger partial charge in [0.25, 0.3) is 0 Å². The highest BCUT2D eigenvalue weighted by Gasteiger charge is 2.24. The summed E-state index contributed by atoms with van der Waals surface area (Å²) >= 11 is 1.97. The predicted molar refractivity (Wildman–Crippen MR) is 114 cm³/mol. The van der Waals surface area contributed by atoms with Crippen LogP contribution in [0.4, 0.5) is 0 Å². The van der Waals surface area contributed by atoms with Crippen molar-refractivity contribution in [2.75, 3.05) is 31.9 Å². The lowest BCUT2D eigenvalue weighted by molar-refractivity contribution is 0.474. The molecule has 0 spiro atoms. The van der Waals surface area contributed by atoms with Gasteiger partial charge in [0.1, 0.15) is 0 Å². The van der Waals surface area contributed by atoms with Gasteiger partial charge in [-0.2, -0.15) is 5.10 Å². The van der Waals surface area contributed by atoms with E-state index in [0.717, 1.165) is 50.9 Å². The van der Waals surface area contributed by atoms with Crippen molar-refractivity contribution in [2.45, 2.75) is 31.1 Å². The molecule has 1 N–H and O–H groups in total. The van der Waals surface area contributed by atoms with Gasteiger partial charge in [-0.15, -0.1) is 11.8 Å². The molecule has 1 fully saturated rings. The summed E-state index contributed by atoms with van der Waals surface area (Å²) < 4.78 is 1.86. The standard InChI is InChI=1S/C21H31N5S/c1-3-22-21(23-12-7-8-18-14-24-25(2)15-18)26-13-11-19(16-26)17-27-20-9-5-4-6-10-20/h4-6,9-10,14-15,19H,3,7-8,11-13,16-17H2,1-2H3,(H,22,23). The number of guanidine groups is 1. The van der Waals surface area contributed by atoms with Crippen LogP contribution < -0.4 is 5.32 Å². The molecule has 0 saturated carbocycles. The maximum absolute atomic E-state index is 4.87. The molecular weight excluding hydrogens is 354 g/mol. The first-order valence-electron chi connectivity index (χ1n) is 9.93. The summed E-state index contributed by atoms with van der Waals surface area (Å²) in [6, 6.07) is 10.7. The molecule has 1 atom stereocenters. The molecule has 146 valence electrons. The number of aliphatic imine (C=N–C) groups is 1. The zero-order valence-corrected chi connectivity index (χ0v) is 17.3. The second-order valence-electron chi connectivity index (χ2n) is 7.09. The molecule has 27 heavy (non-hydrogen) atoms. The van der Waals surface area contributed by atoms with E-state index in [4.69, 9.17) is 4.99 Å². The van der Waals surface area contributed by atoms with Crippen LogP contribution in [0.25, 0.3) is 0 Å². The molecule has 2 aromatic rings. The summed E-state index contributed by atoms with van der Waals surface area (Å²) in [7, 11) is 1.96. The second kappa shape index (κ2) is 10.4. The number of aromatic nitrogens is 2. The summed E-state index contributed by atoms with van der Waals surface area (Å²) in [5.74, 6) is 2.99. The number of nitrogens with zero attached hydrogens (tertiary/aromatic N) is 4. The summed E-state index contributed by atoms with van der Waals surface area (Å²) in [6.45, 7) is 6.13. The van der Waals surface area contributed by atoms with E-state index in [2.05, 4.69) is 58.8 Å². The van der Waals surface area contributed by atoms with Crippen molar-refractivity contribution < 1.29 is 0 Å². The Kier molecular flexibility index (Phi) is 7.63. The maximum atomic E-state index is 4.87. The normalized spacial score (nSPS) is 17.5. The molecule has 0 amide bonds. The van der Waals surface area contributed by atoms with Gasteiger partial charge in [0.05, 0.1) is 6.20 Å².